The molecule has 0 bridgehead atoms. The number of halogens is 2. The predicted octanol–water partition coefficient (Wildman–Crippen LogP) is 2.18. The number of aliphatic carboxylic acids is 1. The topological polar surface area (TPSA) is 37.3 Å². The van der Waals surface area contributed by atoms with E-state index in [0.29, 0.717) is 4.88 Å². The highest BCUT2D eigenvalue weighted by molar-refractivity contribution is 7.10. The monoisotopic (exact) mass is 204 g/mol. The normalized spacial score (nSPS) is 30.0. The molecule has 70 valence electrons. The van der Waals surface area contributed by atoms with Crippen LogP contribution in [0.25, 0.3) is 0 Å². The first-order valence-corrected chi connectivity index (χ1v) is 4.57. The number of hydrogen-bond donors (Lipinski definition) is 1. The Morgan fingerprint density at radius 2 is 2.31 bits per heavy atom. The third-order valence-corrected chi connectivity index (χ3v) is 3.12. The van der Waals surface area contributed by atoms with Crippen LogP contribution in [-0.4, -0.2) is 17.0 Å². The largest absolute Gasteiger partial charge is 0.481 e. The first-order chi connectivity index (χ1) is 6.05. The second-order valence-electron chi connectivity index (χ2n) is 2.98. The second-order valence-corrected chi connectivity index (χ2v) is 3.96. The lowest BCUT2D eigenvalue weighted by atomic mass is 10.3. The molecule has 1 aliphatic rings. The van der Waals surface area contributed by atoms with Crippen molar-refractivity contribution in [2.45, 2.75) is 11.8 Å². The van der Waals surface area contributed by atoms with Gasteiger partial charge in [0.1, 0.15) is 5.92 Å². The minimum atomic E-state index is -3.06. The van der Waals surface area contributed by atoms with Crippen molar-refractivity contribution in [3.63, 3.8) is 0 Å². The molecule has 1 heterocycles. The molecular formula is C8H6F2O2S. The number of thiophene rings is 1. The highest BCUT2D eigenvalue weighted by atomic mass is 32.1. The van der Waals surface area contributed by atoms with Gasteiger partial charge < -0.3 is 5.11 Å². The summed E-state index contributed by atoms with van der Waals surface area (Å²) in [6, 6.07) is 3.19. The zero-order valence-electron chi connectivity index (χ0n) is 6.41. The summed E-state index contributed by atoms with van der Waals surface area (Å²) in [5.41, 5.74) is 0. The van der Waals surface area contributed by atoms with Crippen LogP contribution in [-0.2, 0) is 4.79 Å². The van der Waals surface area contributed by atoms with Gasteiger partial charge in [0, 0.05) is 4.88 Å². The smallest absolute Gasteiger partial charge is 0.313 e. The zero-order valence-corrected chi connectivity index (χ0v) is 7.22. The van der Waals surface area contributed by atoms with Crippen molar-refractivity contribution in [2.24, 2.45) is 5.92 Å². The molecule has 2 atom stereocenters. The van der Waals surface area contributed by atoms with Crippen LogP contribution < -0.4 is 0 Å². The number of alkyl halides is 2. The maximum atomic E-state index is 12.9. The third-order valence-electron chi connectivity index (χ3n) is 2.17. The first kappa shape index (κ1) is 8.62. The van der Waals surface area contributed by atoms with E-state index in [2.05, 4.69) is 0 Å². The second kappa shape index (κ2) is 2.51. The summed E-state index contributed by atoms with van der Waals surface area (Å²) in [6.07, 6.45) is 0. The van der Waals surface area contributed by atoms with Gasteiger partial charge in [-0.15, -0.1) is 11.3 Å². The van der Waals surface area contributed by atoms with Crippen LogP contribution in [0, 0.1) is 5.92 Å². The molecule has 1 N–H and O–H groups in total. The Labute approximate surface area is 76.8 Å². The molecule has 1 aliphatic carbocycles. The Kier molecular flexibility index (Phi) is 1.66. The van der Waals surface area contributed by atoms with E-state index in [1.54, 1.807) is 17.5 Å². The molecule has 13 heavy (non-hydrogen) atoms. The highest BCUT2D eigenvalue weighted by Crippen LogP contribution is 2.62. The van der Waals surface area contributed by atoms with Gasteiger partial charge in [-0.3, -0.25) is 4.79 Å². The zero-order chi connectivity index (χ0) is 9.64. The minimum absolute atomic E-state index is 0.456. The van der Waals surface area contributed by atoms with E-state index >= 15 is 0 Å². The molecule has 2 rings (SSSR count). The van der Waals surface area contributed by atoms with E-state index in [9.17, 15) is 13.6 Å². The van der Waals surface area contributed by atoms with Crippen molar-refractivity contribution in [2.75, 3.05) is 0 Å². The molecule has 0 spiro atoms. The van der Waals surface area contributed by atoms with Gasteiger partial charge in [0.05, 0.1) is 5.92 Å². The SMILES string of the molecule is O=C(O)[C@H]1[C@H](c2cccs2)C1(F)F. The van der Waals surface area contributed by atoms with E-state index in [1.165, 1.54) is 11.3 Å². The lowest BCUT2D eigenvalue weighted by Crippen LogP contribution is -2.04. The maximum Gasteiger partial charge on any atom is 0.313 e. The summed E-state index contributed by atoms with van der Waals surface area (Å²) in [7, 11) is 0. The lowest BCUT2D eigenvalue weighted by molar-refractivity contribution is -0.140. The van der Waals surface area contributed by atoms with Crippen molar-refractivity contribution >= 4 is 17.3 Å². The van der Waals surface area contributed by atoms with Gasteiger partial charge in [0.2, 0.25) is 0 Å². The standard InChI is InChI=1S/C8H6F2O2S/c9-8(10)5(6(8)7(11)12)4-2-1-3-13-4/h1-3,5-6H,(H,11,12)/t5-,6+/m0/s1. The van der Waals surface area contributed by atoms with E-state index in [4.69, 9.17) is 5.11 Å². The number of carboxylic acids is 1. The minimum Gasteiger partial charge on any atom is -0.481 e. The van der Waals surface area contributed by atoms with Gasteiger partial charge in [-0.05, 0) is 11.4 Å². The fraction of sp³-hybridized carbons (Fsp3) is 0.375. The van der Waals surface area contributed by atoms with Crippen LogP contribution in [0.1, 0.15) is 10.8 Å². The number of rotatable bonds is 2. The van der Waals surface area contributed by atoms with E-state index in [0.717, 1.165) is 0 Å². The van der Waals surface area contributed by atoms with Crippen molar-refractivity contribution in [1.29, 1.82) is 0 Å². The molecule has 2 nitrogen and oxygen atoms in total. The van der Waals surface area contributed by atoms with Crippen LogP contribution in [0.3, 0.4) is 0 Å². The van der Waals surface area contributed by atoms with Gasteiger partial charge >= 0.3 is 5.97 Å². The van der Waals surface area contributed by atoms with Crippen molar-refractivity contribution in [3.8, 4) is 0 Å². The summed E-state index contributed by atoms with van der Waals surface area (Å²) < 4.78 is 25.8. The fourth-order valence-corrected chi connectivity index (χ4v) is 2.37. The molecule has 0 saturated heterocycles. The Morgan fingerprint density at radius 3 is 2.69 bits per heavy atom. The van der Waals surface area contributed by atoms with Crippen molar-refractivity contribution in [1.82, 2.24) is 0 Å². The molecular weight excluding hydrogens is 198 g/mol. The summed E-state index contributed by atoms with van der Waals surface area (Å²) in [6.45, 7) is 0. The Bertz CT molecular complexity index is 334. The van der Waals surface area contributed by atoms with Crippen LogP contribution in [0.2, 0.25) is 0 Å². The van der Waals surface area contributed by atoms with Crippen LogP contribution in [0.15, 0.2) is 17.5 Å². The van der Waals surface area contributed by atoms with Gasteiger partial charge in [0.15, 0.2) is 0 Å². The fourth-order valence-electron chi connectivity index (χ4n) is 1.46. The van der Waals surface area contributed by atoms with Crippen molar-refractivity contribution in [3.05, 3.63) is 22.4 Å². The van der Waals surface area contributed by atoms with Crippen molar-refractivity contribution < 1.29 is 18.7 Å². The highest BCUT2D eigenvalue weighted by Gasteiger charge is 2.73. The third kappa shape index (κ3) is 1.14. The molecule has 0 radical (unpaired) electrons. The molecule has 0 amide bonds. The summed E-state index contributed by atoms with van der Waals surface area (Å²) in [4.78, 5) is 10.9. The van der Waals surface area contributed by atoms with Gasteiger partial charge in [-0.1, -0.05) is 6.07 Å². The van der Waals surface area contributed by atoms with Gasteiger partial charge in [-0.25, -0.2) is 8.78 Å². The Morgan fingerprint density at radius 1 is 1.62 bits per heavy atom. The summed E-state index contributed by atoms with van der Waals surface area (Å²) in [5.74, 6) is -7.10. The predicted molar refractivity (Wildman–Crippen MR) is 43.1 cm³/mol. The number of carboxylic acid groups (broad SMARTS) is 1. The Hall–Kier alpha value is -0.970. The maximum absolute atomic E-state index is 12.9. The molecule has 1 aromatic heterocycles. The summed E-state index contributed by atoms with van der Waals surface area (Å²) in [5, 5.41) is 10.2. The van der Waals surface area contributed by atoms with Gasteiger partial charge in [0.25, 0.3) is 5.92 Å². The molecule has 1 aromatic rings. The summed E-state index contributed by atoms with van der Waals surface area (Å²) >= 11 is 1.17. The van der Waals surface area contributed by atoms with Crippen LogP contribution in [0.5, 0.6) is 0 Å². The number of hydrogen-bond acceptors (Lipinski definition) is 2. The van der Waals surface area contributed by atoms with Crippen LogP contribution >= 0.6 is 11.3 Å². The molecule has 5 heteroatoms. The molecule has 0 unspecified atom stereocenters. The van der Waals surface area contributed by atoms with E-state index in [1.807, 2.05) is 0 Å². The first-order valence-electron chi connectivity index (χ1n) is 3.69. The molecule has 0 aromatic carbocycles. The average Bonchev–Trinajstić information content (AvgIpc) is 2.50. The Balaban J connectivity index is 2.25. The molecule has 1 saturated carbocycles. The van der Waals surface area contributed by atoms with Gasteiger partial charge in [-0.2, -0.15) is 0 Å². The van der Waals surface area contributed by atoms with E-state index in [-0.39, 0.29) is 0 Å². The quantitative estimate of drug-likeness (QED) is 0.801. The molecule has 0 aliphatic heterocycles. The number of carbonyl (C=O) groups is 1. The van der Waals surface area contributed by atoms with Crippen LogP contribution in [0.4, 0.5) is 8.78 Å². The molecule has 1 fully saturated rings. The lowest BCUT2D eigenvalue weighted by Gasteiger charge is -1.89. The van der Waals surface area contributed by atoms with E-state index < -0.39 is 23.7 Å². The average molecular weight is 204 g/mol.